The number of hydrogen-bond donors (Lipinski definition) is 1. The van der Waals surface area contributed by atoms with Gasteiger partial charge in [-0.25, -0.2) is 9.37 Å². The van der Waals surface area contributed by atoms with Gasteiger partial charge in [-0.05, 0) is 62.1 Å². The molecule has 0 bridgehead atoms. The van der Waals surface area contributed by atoms with E-state index in [0.717, 1.165) is 34.1 Å². The highest BCUT2D eigenvalue weighted by molar-refractivity contribution is 7.16. The Morgan fingerprint density at radius 2 is 2.03 bits per heavy atom. The van der Waals surface area contributed by atoms with Crippen LogP contribution in [0.1, 0.15) is 46.5 Å². The molecule has 1 aliphatic carbocycles. The monoisotopic (exact) mass is 421 g/mol. The van der Waals surface area contributed by atoms with Crippen LogP contribution in [0.25, 0.3) is 11.3 Å². The number of carbonyl (C=O) groups excluding carboxylic acids is 1. The lowest BCUT2D eigenvalue weighted by Gasteiger charge is -2.17. The molecule has 0 radical (unpaired) electrons. The Balaban J connectivity index is 1.39. The second-order valence-corrected chi connectivity index (χ2v) is 9.31. The van der Waals surface area contributed by atoms with Crippen molar-refractivity contribution in [3.63, 3.8) is 0 Å². The highest BCUT2D eigenvalue weighted by atomic mass is 32.1. The molecule has 0 saturated heterocycles. The zero-order chi connectivity index (χ0) is 20.7. The van der Waals surface area contributed by atoms with Crippen molar-refractivity contribution in [2.45, 2.75) is 45.1 Å². The zero-order valence-corrected chi connectivity index (χ0v) is 17.8. The van der Waals surface area contributed by atoms with Crippen LogP contribution in [-0.4, -0.2) is 23.5 Å². The van der Waals surface area contributed by atoms with E-state index < -0.39 is 5.82 Å². The standard InChI is InChI=1S/C24H24FN3OS/c1-15-22(27-24(30-15)26-20-7-2-3-8-20)17-9-10-21-16(13-17)11-12-28(21)23(29)18-5-4-6-19(25)14-18/h4-6,9-10,13-14,20H,2-3,7-8,11-12H2,1H3,(H,26,27). The summed E-state index contributed by atoms with van der Waals surface area (Å²) >= 11 is 1.71. The molecule has 1 saturated carbocycles. The number of benzene rings is 2. The molecule has 1 amide bonds. The summed E-state index contributed by atoms with van der Waals surface area (Å²) in [5.74, 6) is -0.550. The summed E-state index contributed by atoms with van der Waals surface area (Å²) in [4.78, 5) is 20.7. The molecule has 0 atom stereocenters. The number of rotatable bonds is 4. The quantitative estimate of drug-likeness (QED) is 0.578. The lowest BCUT2D eigenvalue weighted by molar-refractivity contribution is 0.0989. The lowest BCUT2D eigenvalue weighted by atomic mass is 10.1. The van der Waals surface area contributed by atoms with Gasteiger partial charge in [0.15, 0.2) is 5.13 Å². The number of hydrogen-bond acceptors (Lipinski definition) is 4. The third kappa shape index (κ3) is 3.60. The first kappa shape index (κ1) is 19.2. The maximum Gasteiger partial charge on any atom is 0.258 e. The Morgan fingerprint density at radius 3 is 2.83 bits per heavy atom. The Kier molecular flexibility index (Phi) is 5.03. The first-order valence-electron chi connectivity index (χ1n) is 10.5. The number of aromatic nitrogens is 1. The van der Waals surface area contributed by atoms with Gasteiger partial charge in [0, 0.05) is 34.3 Å². The van der Waals surface area contributed by atoms with Crippen LogP contribution in [-0.2, 0) is 6.42 Å². The predicted molar refractivity (Wildman–Crippen MR) is 120 cm³/mol. The Morgan fingerprint density at radius 1 is 1.20 bits per heavy atom. The van der Waals surface area contributed by atoms with Crippen molar-refractivity contribution in [1.82, 2.24) is 4.98 Å². The lowest BCUT2D eigenvalue weighted by Crippen LogP contribution is -2.28. The molecule has 0 spiro atoms. The molecule has 3 aromatic rings. The second kappa shape index (κ2) is 7.84. The van der Waals surface area contributed by atoms with E-state index in [9.17, 15) is 9.18 Å². The summed E-state index contributed by atoms with van der Waals surface area (Å²) < 4.78 is 13.5. The fraction of sp³-hybridized carbons (Fsp3) is 0.333. The van der Waals surface area contributed by atoms with Crippen LogP contribution >= 0.6 is 11.3 Å². The molecule has 154 valence electrons. The highest BCUT2D eigenvalue weighted by Gasteiger charge is 2.26. The molecule has 1 fully saturated rings. The largest absolute Gasteiger partial charge is 0.359 e. The topological polar surface area (TPSA) is 45.2 Å². The number of halogens is 1. The highest BCUT2D eigenvalue weighted by Crippen LogP contribution is 2.37. The van der Waals surface area contributed by atoms with Gasteiger partial charge in [0.1, 0.15) is 5.82 Å². The minimum atomic E-state index is -0.392. The maximum atomic E-state index is 13.5. The minimum Gasteiger partial charge on any atom is -0.359 e. The van der Waals surface area contributed by atoms with Crippen LogP contribution in [0.4, 0.5) is 15.2 Å². The fourth-order valence-corrected chi connectivity index (χ4v) is 5.42. The Bertz CT molecular complexity index is 1100. The van der Waals surface area contributed by atoms with Crippen molar-refractivity contribution >= 4 is 28.1 Å². The van der Waals surface area contributed by atoms with E-state index >= 15 is 0 Å². The van der Waals surface area contributed by atoms with E-state index in [1.165, 1.54) is 42.7 Å². The molecular formula is C24H24FN3OS. The molecule has 0 unspecified atom stereocenters. The predicted octanol–water partition coefficient (Wildman–Crippen LogP) is 5.82. The molecule has 5 rings (SSSR count). The van der Waals surface area contributed by atoms with Crippen molar-refractivity contribution in [2.75, 3.05) is 16.8 Å². The molecule has 6 heteroatoms. The second-order valence-electron chi connectivity index (χ2n) is 8.11. The van der Waals surface area contributed by atoms with Crippen LogP contribution in [0, 0.1) is 12.7 Å². The van der Waals surface area contributed by atoms with Gasteiger partial charge in [0.05, 0.1) is 5.69 Å². The van der Waals surface area contributed by atoms with Gasteiger partial charge in [-0.1, -0.05) is 25.0 Å². The summed E-state index contributed by atoms with van der Waals surface area (Å²) in [6, 6.07) is 12.6. The van der Waals surface area contributed by atoms with Crippen molar-refractivity contribution < 1.29 is 9.18 Å². The first-order valence-corrected chi connectivity index (χ1v) is 11.3. The van der Waals surface area contributed by atoms with Gasteiger partial charge in [-0.15, -0.1) is 11.3 Å². The summed E-state index contributed by atoms with van der Waals surface area (Å²) in [5, 5.41) is 4.59. The number of aryl methyl sites for hydroxylation is 1. The van der Waals surface area contributed by atoms with E-state index in [1.54, 1.807) is 28.4 Å². The van der Waals surface area contributed by atoms with Crippen LogP contribution in [0.2, 0.25) is 0 Å². The minimum absolute atomic E-state index is 0.158. The summed E-state index contributed by atoms with van der Waals surface area (Å²) in [6.07, 6.45) is 5.83. The molecule has 30 heavy (non-hydrogen) atoms. The molecule has 1 N–H and O–H groups in total. The third-order valence-electron chi connectivity index (χ3n) is 6.04. The SMILES string of the molecule is Cc1sc(NC2CCCC2)nc1-c1ccc2c(c1)CCN2C(=O)c1cccc(F)c1. The molecule has 2 aromatic carbocycles. The van der Waals surface area contributed by atoms with Crippen LogP contribution in [0.3, 0.4) is 0 Å². The third-order valence-corrected chi connectivity index (χ3v) is 6.95. The number of anilines is 2. The number of nitrogens with one attached hydrogen (secondary N) is 1. The van der Waals surface area contributed by atoms with E-state index in [0.29, 0.717) is 18.2 Å². The number of amides is 1. The molecule has 2 aliphatic rings. The summed E-state index contributed by atoms with van der Waals surface area (Å²) in [5.41, 5.74) is 4.52. The van der Waals surface area contributed by atoms with E-state index in [2.05, 4.69) is 18.3 Å². The zero-order valence-electron chi connectivity index (χ0n) is 17.0. The van der Waals surface area contributed by atoms with Gasteiger partial charge >= 0.3 is 0 Å². The molecule has 4 nitrogen and oxygen atoms in total. The number of fused-ring (bicyclic) bond motifs is 1. The van der Waals surface area contributed by atoms with Gasteiger partial charge in [-0.2, -0.15) is 0 Å². The Labute approximate surface area is 179 Å². The number of nitrogens with zero attached hydrogens (tertiary/aromatic N) is 2. The number of thiazole rings is 1. The van der Waals surface area contributed by atoms with Gasteiger partial charge in [0.2, 0.25) is 0 Å². The maximum absolute atomic E-state index is 13.5. The molecule has 1 aromatic heterocycles. The Hall–Kier alpha value is -2.73. The van der Waals surface area contributed by atoms with Crippen molar-refractivity contribution in [3.8, 4) is 11.3 Å². The molecular weight excluding hydrogens is 397 g/mol. The average molecular weight is 422 g/mol. The van der Waals surface area contributed by atoms with Crippen molar-refractivity contribution in [2.24, 2.45) is 0 Å². The van der Waals surface area contributed by atoms with Gasteiger partial charge in [-0.3, -0.25) is 4.79 Å². The number of carbonyl (C=O) groups is 1. The first-order chi connectivity index (χ1) is 14.6. The van der Waals surface area contributed by atoms with Crippen LogP contribution < -0.4 is 10.2 Å². The molecule has 1 aliphatic heterocycles. The summed E-state index contributed by atoms with van der Waals surface area (Å²) in [6.45, 7) is 2.72. The van der Waals surface area contributed by atoms with Crippen molar-refractivity contribution in [3.05, 3.63) is 64.3 Å². The normalized spacial score (nSPS) is 16.1. The van der Waals surface area contributed by atoms with Crippen LogP contribution in [0.15, 0.2) is 42.5 Å². The fourth-order valence-electron chi connectivity index (χ4n) is 4.51. The van der Waals surface area contributed by atoms with Gasteiger partial charge in [0.25, 0.3) is 5.91 Å². The average Bonchev–Trinajstić information content (AvgIpc) is 3.47. The van der Waals surface area contributed by atoms with E-state index in [1.807, 2.05) is 12.1 Å². The summed E-state index contributed by atoms with van der Waals surface area (Å²) in [7, 11) is 0. The van der Waals surface area contributed by atoms with Gasteiger partial charge < -0.3 is 10.2 Å². The van der Waals surface area contributed by atoms with E-state index in [4.69, 9.17) is 4.98 Å². The molecule has 2 heterocycles. The smallest absolute Gasteiger partial charge is 0.258 e. The van der Waals surface area contributed by atoms with Crippen molar-refractivity contribution in [1.29, 1.82) is 0 Å². The van der Waals surface area contributed by atoms with E-state index in [-0.39, 0.29) is 5.91 Å². The van der Waals surface area contributed by atoms with Crippen LogP contribution in [0.5, 0.6) is 0 Å².